The first-order chi connectivity index (χ1) is 8.60. The van der Waals surface area contributed by atoms with Crippen LogP contribution in [-0.2, 0) is 0 Å². The highest BCUT2D eigenvalue weighted by atomic mass is 32.1. The number of aromatic nitrogens is 1. The van der Waals surface area contributed by atoms with Crippen LogP contribution in [0.3, 0.4) is 0 Å². The predicted molar refractivity (Wildman–Crippen MR) is 74.3 cm³/mol. The van der Waals surface area contributed by atoms with Gasteiger partial charge in [0.25, 0.3) is 5.91 Å². The number of anilines is 4. The van der Waals surface area contributed by atoms with Gasteiger partial charge in [0, 0.05) is 18.4 Å². The first-order valence-corrected chi connectivity index (χ1v) is 6.02. The molecule has 6 nitrogen and oxygen atoms in total. The molecule has 0 spiro atoms. The fourth-order valence-corrected chi connectivity index (χ4v) is 2.24. The lowest BCUT2D eigenvalue weighted by Crippen LogP contribution is -2.13. The Morgan fingerprint density at radius 2 is 2.00 bits per heavy atom. The summed E-state index contributed by atoms with van der Waals surface area (Å²) in [5.41, 5.74) is 12.6. The van der Waals surface area contributed by atoms with Gasteiger partial charge in [0.05, 0.1) is 0 Å². The fraction of sp³-hybridized carbons (Fsp3) is 0.0909. The van der Waals surface area contributed by atoms with Crippen LogP contribution in [0, 0.1) is 0 Å². The molecule has 0 radical (unpaired) electrons. The summed E-state index contributed by atoms with van der Waals surface area (Å²) in [5.74, 6) is -0.555. The van der Waals surface area contributed by atoms with Crippen molar-refractivity contribution in [3.05, 3.63) is 30.0 Å². The fourth-order valence-electron chi connectivity index (χ4n) is 1.40. The number of hydrogen-bond donors (Lipinski definition) is 4. The van der Waals surface area contributed by atoms with Crippen LogP contribution in [0.4, 0.5) is 21.5 Å². The second-order valence-corrected chi connectivity index (χ2v) is 4.56. The van der Waals surface area contributed by atoms with Crippen LogP contribution in [-0.4, -0.2) is 17.9 Å². The Bertz CT molecular complexity index is 563. The maximum atomic E-state index is 11.2. The summed E-state index contributed by atoms with van der Waals surface area (Å²) in [4.78, 5) is 15.3. The van der Waals surface area contributed by atoms with E-state index in [1.165, 1.54) is 11.3 Å². The molecule has 0 bridgehead atoms. The summed E-state index contributed by atoms with van der Waals surface area (Å²) in [6.07, 6.45) is 0. The van der Waals surface area contributed by atoms with E-state index in [2.05, 4.69) is 15.6 Å². The summed E-state index contributed by atoms with van der Waals surface area (Å²) >= 11 is 1.32. The molecule has 0 unspecified atom stereocenters. The van der Waals surface area contributed by atoms with E-state index >= 15 is 0 Å². The SMILES string of the molecule is CNc1sc(Nc2ccc(N)cc2)nc1C(N)=O. The van der Waals surface area contributed by atoms with Crippen molar-refractivity contribution in [3.63, 3.8) is 0 Å². The van der Waals surface area contributed by atoms with Crippen molar-refractivity contribution in [1.82, 2.24) is 4.98 Å². The second-order valence-electron chi connectivity index (χ2n) is 3.56. The minimum Gasteiger partial charge on any atom is -0.399 e. The molecule has 0 fully saturated rings. The minimum atomic E-state index is -0.555. The van der Waals surface area contributed by atoms with Gasteiger partial charge in [-0.15, -0.1) is 0 Å². The van der Waals surface area contributed by atoms with Gasteiger partial charge in [-0.1, -0.05) is 11.3 Å². The number of thiazole rings is 1. The van der Waals surface area contributed by atoms with E-state index < -0.39 is 5.91 Å². The Hall–Kier alpha value is -2.28. The lowest BCUT2D eigenvalue weighted by molar-refractivity contribution is 0.0997. The molecular formula is C11H13N5OS. The number of benzene rings is 1. The molecule has 0 aliphatic carbocycles. The molecule has 6 N–H and O–H groups in total. The highest BCUT2D eigenvalue weighted by Crippen LogP contribution is 2.30. The Labute approximate surface area is 108 Å². The third-order valence-corrected chi connectivity index (χ3v) is 3.24. The van der Waals surface area contributed by atoms with Crippen LogP contribution in [0.5, 0.6) is 0 Å². The van der Waals surface area contributed by atoms with Crippen molar-refractivity contribution in [1.29, 1.82) is 0 Å². The number of primary amides is 1. The molecule has 2 aromatic rings. The van der Waals surface area contributed by atoms with Crippen LogP contribution in [0.2, 0.25) is 0 Å². The first kappa shape index (κ1) is 12.2. The average molecular weight is 263 g/mol. The largest absolute Gasteiger partial charge is 0.399 e. The number of nitrogens with zero attached hydrogens (tertiary/aromatic N) is 1. The van der Waals surface area contributed by atoms with Crippen LogP contribution in [0.1, 0.15) is 10.5 Å². The number of amides is 1. The van der Waals surface area contributed by atoms with Gasteiger partial charge in [0.2, 0.25) is 0 Å². The molecule has 1 amide bonds. The topological polar surface area (TPSA) is 106 Å². The van der Waals surface area contributed by atoms with E-state index in [1.54, 1.807) is 19.2 Å². The summed E-state index contributed by atoms with van der Waals surface area (Å²) < 4.78 is 0. The van der Waals surface area contributed by atoms with Crippen molar-refractivity contribution in [2.75, 3.05) is 23.4 Å². The average Bonchev–Trinajstić information content (AvgIpc) is 2.75. The van der Waals surface area contributed by atoms with Gasteiger partial charge in [-0.25, -0.2) is 4.98 Å². The highest BCUT2D eigenvalue weighted by Gasteiger charge is 2.14. The van der Waals surface area contributed by atoms with Crippen LogP contribution in [0.15, 0.2) is 24.3 Å². The van der Waals surface area contributed by atoms with E-state index in [9.17, 15) is 4.79 Å². The van der Waals surface area contributed by atoms with Crippen molar-refractivity contribution in [3.8, 4) is 0 Å². The van der Waals surface area contributed by atoms with Gasteiger partial charge in [-0.3, -0.25) is 4.79 Å². The van der Waals surface area contributed by atoms with Gasteiger partial charge in [0.1, 0.15) is 5.00 Å². The van der Waals surface area contributed by atoms with Crippen molar-refractivity contribution in [2.45, 2.75) is 0 Å². The number of nitrogens with one attached hydrogen (secondary N) is 2. The highest BCUT2D eigenvalue weighted by molar-refractivity contribution is 7.19. The summed E-state index contributed by atoms with van der Waals surface area (Å²) in [7, 11) is 1.72. The summed E-state index contributed by atoms with van der Waals surface area (Å²) in [6, 6.07) is 7.23. The van der Waals surface area contributed by atoms with Gasteiger partial charge in [-0.2, -0.15) is 0 Å². The third kappa shape index (κ3) is 2.51. The molecule has 1 heterocycles. The van der Waals surface area contributed by atoms with Gasteiger partial charge >= 0.3 is 0 Å². The number of carbonyl (C=O) groups is 1. The number of nitrogens with two attached hydrogens (primary N) is 2. The maximum absolute atomic E-state index is 11.2. The summed E-state index contributed by atoms with van der Waals surface area (Å²) in [6.45, 7) is 0. The molecule has 0 aliphatic heterocycles. The Balaban J connectivity index is 2.24. The van der Waals surface area contributed by atoms with Crippen LogP contribution >= 0.6 is 11.3 Å². The molecule has 1 aromatic heterocycles. The number of rotatable bonds is 4. The summed E-state index contributed by atoms with van der Waals surface area (Å²) in [5, 5.41) is 7.21. The number of hydrogen-bond acceptors (Lipinski definition) is 6. The number of nitrogen functional groups attached to an aromatic ring is 1. The molecule has 0 atom stereocenters. The molecule has 0 saturated heterocycles. The minimum absolute atomic E-state index is 0.237. The molecule has 0 aliphatic rings. The van der Waals surface area contributed by atoms with Crippen LogP contribution in [0.25, 0.3) is 0 Å². The van der Waals surface area contributed by atoms with Crippen molar-refractivity contribution in [2.24, 2.45) is 5.73 Å². The first-order valence-electron chi connectivity index (χ1n) is 5.21. The molecule has 94 valence electrons. The monoisotopic (exact) mass is 263 g/mol. The van der Waals surface area contributed by atoms with Gasteiger partial charge in [0.15, 0.2) is 10.8 Å². The molecular weight excluding hydrogens is 250 g/mol. The smallest absolute Gasteiger partial charge is 0.270 e. The zero-order chi connectivity index (χ0) is 13.1. The Morgan fingerprint density at radius 3 is 2.50 bits per heavy atom. The van der Waals surface area contributed by atoms with E-state index in [0.717, 1.165) is 5.69 Å². The molecule has 0 saturated carbocycles. The van der Waals surface area contributed by atoms with Crippen LogP contribution < -0.4 is 22.1 Å². The van der Waals surface area contributed by atoms with E-state index in [0.29, 0.717) is 15.8 Å². The zero-order valence-electron chi connectivity index (χ0n) is 9.73. The third-order valence-electron chi connectivity index (χ3n) is 2.25. The maximum Gasteiger partial charge on any atom is 0.270 e. The van der Waals surface area contributed by atoms with Gasteiger partial charge in [-0.05, 0) is 24.3 Å². The van der Waals surface area contributed by atoms with E-state index in [-0.39, 0.29) is 5.69 Å². The molecule has 2 rings (SSSR count). The Kier molecular flexibility index (Phi) is 3.33. The normalized spacial score (nSPS) is 10.1. The predicted octanol–water partition coefficient (Wildman–Crippen LogP) is 1.61. The number of carbonyl (C=O) groups excluding carboxylic acids is 1. The molecule has 7 heteroatoms. The van der Waals surface area contributed by atoms with Crippen molar-refractivity contribution >= 4 is 38.8 Å². The molecule has 1 aromatic carbocycles. The zero-order valence-corrected chi connectivity index (χ0v) is 10.5. The lowest BCUT2D eigenvalue weighted by atomic mass is 10.3. The molecule has 18 heavy (non-hydrogen) atoms. The van der Waals surface area contributed by atoms with Gasteiger partial charge < -0.3 is 22.1 Å². The van der Waals surface area contributed by atoms with Crippen molar-refractivity contribution < 1.29 is 4.79 Å². The second kappa shape index (κ2) is 4.92. The van der Waals surface area contributed by atoms with E-state index in [1.807, 2.05) is 12.1 Å². The quantitative estimate of drug-likeness (QED) is 0.627. The Morgan fingerprint density at radius 1 is 1.33 bits per heavy atom. The standard InChI is InChI=1S/C11H13N5OS/c1-14-10-8(9(13)17)16-11(18-10)15-7-4-2-6(12)3-5-7/h2-5,14H,12H2,1H3,(H2,13,17)(H,15,16). The lowest BCUT2D eigenvalue weighted by Gasteiger charge is -2.01. The van der Waals surface area contributed by atoms with E-state index in [4.69, 9.17) is 11.5 Å².